The highest BCUT2D eigenvalue weighted by Crippen LogP contribution is 2.39. The van der Waals surface area contributed by atoms with E-state index in [9.17, 15) is 5.21 Å². The molecule has 1 unspecified atom stereocenters. The molecule has 1 aromatic rings. The maximum atomic E-state index is 11.9. The molecule has 1 atom stereocenters. The van der Waals surface area contributed by atoms with E-state index in [2.05, 4.69) is 32.0 Å². The van der Waals surface area contributed by atoms with E-state index in [0.717, 1.165) is 23.5 Å². The average Bonchev–Trinajstić information content (AvgIpc) is 2.61. The maximum absolute atomic E-state index is 11.9. The number of hydroxylamine groups is 2. The molecule has 0 radical (unpaired) electrons. The largest absolute Gasteiger partial charge is 0.758 e. The lowest BCUT2D eigenvalue weighted by Crippen LogP contribution is -2.35. The number of rotatable bonds is 2. The number of hydrogen-bond donors (Lipinski definition) is 0. The summed E-state index contributed by atoms with van der Waals surface area (Å²) < 4.78 is 0. The van der Waals surface area contributed by atoms with Crippen molar-refractivity contribution in [2.45, 2.75) is 32.2 Å². The minimum Gasteiger partial charge on any atom is -0.758 e. The Labute approximate surface area is 90.8 Å². The molecule has 0 fully saturated rings. The van der Waals surface area contributed by atoms with E-state index in [4.69, 9.17) is 0 Å². The molecule has 0 spiro atoms. The standard InChI is InChI=1S/C13H16NO/c1-3-13(8-5-9-14(13)15)12-7-4-6-11(2)10-12/h4-7,9-10H,3,8H2,1-2H3/q-1. The first-order valence-corrected chi connectivity index (χ1v) is 5.39. The molecule has 0 saturated carbocycles. The molecule has 0 bridgehead atoms. The number of hydrogen-bond acceptors (Lipinski definition) is 2. The Bertz CT molecular complexity index is 386. The molecule has 0 aliphatic carbocycles. The predicted octanol–water partition coefficient (Wildman–Crippen LogP) is 3.32. The Balaban J connectivity index is 2.43. The van der Waals surface area contributed by atoms with Crippen LogP contribution in [0.25, 0.3) is 0 Å². The number of benzene rings is 1. The van der Waals surface area contributed by atoms with Gasteiger partial charge in [-0.1, -0.05) is 42.8 Å². The van der Waals surface area contributed by atoms with Crippen LogP contribution < -0.4 is 0 Å². The molecule has 2 rings (SSSR count). The lowest BCUT2D eigenvalue weighted by Gasteiger charge is -2.44. The normalized spacial score (nSPS) is 24.9. The zero-order valence-corrected chi connectivity index (χ0v) is 9.23. The van der Waals surface area contributed by atoms with Crippen molar-refractivity contribution < 1.29 is 0 Å². The molecular formula is C13H16NO-. The van der Waals surface area contributed by atoms with Gasteiger partial charge in [-0.05, 0) is 31.5 Å². The van der Waals surface area contributed by atoms with Crippen molar-refractivity contribution in [2.75, 3.05) is 0 Å². The molecule has 80 valence electrons. The van der Waals surface area contributed by atoms with Crippen molar-refractivity contribution in [3.05, 3.63) is 52.9 Å². The van der Waals surface area contributed by atoms with Gasteiger partial charge in [0.15, 0.2) is 0 Å². The molecule has 1 heterocycles. The third-order valence-corrected chi connectivity index (χ3v) is 3.26. The average molecular weight is 202 g/mol. The Morgan fingerprint density at radius 1 is 1.47 bits per heavy atom. The molecule has 0 aromatic heterocycles. The Hall–Kier alpha value is -1.28. The summed E-state index contributed by atoms with van der Waals surface area (Å²) in [7, 11) is 0. The van der Waals surface area contributed by atoms with Gasteiger partial charge in [0.25, 0.3) is 0 Å². The van der Waals surface area contributed by atoms with E-state index in [-0.39, 0.29) is 5.54 Å². The van der Waals surface area contributed by atoms with E-state index < -0.39 is 0 Å². The highest BCUT2D eigenvalue weighted by molar-refractivity contribution is 5.32. The van der Waals surface area contributed by atoms with Crippen LogP contribution in [-0.2, 0) is 5.54 Å². The Morgan fingerprint density at radius 2 is 2.27 bits per heavy atom. The predicted molar refractivity (Wildman–Crippen MR) is 62.1 cm³/mol. The summed E-state index contributed by atoms with van der Waals surface area (Å²) in [5.41, 5.74) is 1.98. The van der Waals surface area contributed by atoms with E-state index in [0.29, 0.717) is 0 Å². The fraction of sp³-hybridized carbons (Fsp3) is 0.385. The molecular weight excluding hydrogens is 186 g/mol. The molecule has 0 N–H and O–H groups in total. The Morgan fingerprint density at radius 3 is 2.80 bits per heavy atom. The third-order valence-electron chi connectivity index (χ3n) is 3.26. The lowest BCUT2D eigenvalue weighted by molar-refractivity contribution is 0.221. The fourth-order valence-electron chi connectivity index (χ4n) is 2.26. The van der Waals surface area contributed by atoms with Gasteiger partial charge in [0, 0.05) is 0 Å². The van der Waals surface area contributed by atoms with Gasteiger partial charge in [-0.2, -0.15) is 0 Å². The zero-order chi connectivity index (χ0) is 10.9. The second-order valence-corrected chi connectivity index (χ2v) is 4.17. The highest BCUT2D eigenvalue weighted by atomic mass is 16.5. The maximum Gasteiger partial charge on any atom is 0.0574 e. The molecule has 0 saturated heterocycles. The topological polar surface area (TPSA) is 26.3 Å². The number of nitrogens with zero attached hydrogens (tertiary/aromatic N) is 1. The van der Waals surface area contributed by atoms with Crippen molar-refractivity contribution in [2.24, 2.45) is 0 Å². The second-order valence-electron chi connectivity index (χ2n) is 4.17. The third kappa shape index (κ3) is 1.55. The van der Waals surface area contributed by atoms with Crippen LogP contribution >= 0.6 is 0 Å². The summed E-state index contributed by atoms with van der Waals surface area (Å²) in [6.45, 7) is 4.13. The summed E-state index contributed by atoms with van der Waals surface area (Å²) in [4.78, 5) is 0. The van der Waals surface area contributed by atoms with Crippen LogP contribution in [0.4, 0.5) is 0 Å². The SMILES string of the molecule is CCC1(c2cccc(C)c2)CC=CN1[O-]. The second kappa shape index (κ2) is 3.70. The number of aryl methyl sites for hydroxylation is 1. The van der Waals surface area contributed by atoms with Crippen molar-refractivity contribution in [1.82, 2.24) is 5.06 Å². The molecule has 0 amide bonds. The van der Waals surface area contributed by atoms with E-state index in [1.807, 2.05) is 12.1 Å². The van der Waals surface area contributed by atoms with Gasteiger partial charge in [0.2, 0.25) is 0 Å². The van der Waals surface area contributed by atoms with Gasteiger partial charge in [-0.25, -0.2) is 0 Å². The van der Waals surface area contributed by atoms with Crippen LogP contribution in [0.2, 0.25) is 0 Å². The van der Waals surface area contributed by atoms with Gasteiger partial charge in [0.05, 0.1) is 5.54 Å². The van der Waals surface area contributed by atoms with Crippen molar-refractivity contribution in [1.29, 1.82) is 0 Å². The zero-order valence-electron chi connectivity index (χ0n) is 9.23. The molecule has 15 heavy (non-hydrogen) atoms. The minimum absolute atomic E-state index is 0.355. The molecule has 1 aromatic carbocycles. The summed E-state index contributed by atoms with van der Waals surface area (Å²) in [6.07, 6.45) is 5.26. The van der Waals surface area contributed by atoms with Crippen LogP contribution in [-0.4, -0.2) is 5.06 Å². The van der Waals surface area contributed by atoms with Gasteiger partial charge < -0.3 is 10.3 Å². The molecule has 1 aliphatic heterocycles. The highest BCUT2D eigenvalue weighted by Gasteiger charge is 2.32. The van der Waals surface area contributed by atoms with E-state index in [1.165, 1.54) is 5.56 Å². The molecule has 2 heteroatoms. The van der Waals surface area contributed by atoms with Crippen molar-refractivity contribution >= 4 is 0 Å². The van der Waals surface area contributed by atoms with Crippen LogP contribution in [0.5, 0.6) is 0 Å². The van der Waals surface area contributed by atoms with Gasteiger partial charge >= 0.3 is 0 Å². The first kappa shape index (κ1) is 10.2. The van der Waals surface area contributed by atoms with Gasteiger partial charge in [-0.15, -0.1) is 0 Å². The smallest absolute Gasteiger partial charge is 0.0574 e. The van der Waals surface area contributed by atoms with E-state index >= 15 is 0 Å². The summed E-state index contributed by atoms with van der Waals surface area (Å²) >= 11 is 0. The van der Waals surface area contributed by atoms with E-state index in [1.54, 1.807) is 6.20 Å². The van der Waals surface area contributed by atoms with Crippen molar-refractivity contribution in [3.8, 4) is 0 Å². The summed E-state index contributed by atoms with van der Waals surface area (Å²) in [6, 6.07) is 8.24. The molecule has 2 nitrogen and oxygen atoms in total. The monoisotopic (exact) mass is 202 g/mol. The van der Waals surface area contributed by atoms with Crippen molar-refractivity contribution in [3.63, 3.8) is 0 Å². The summed E-state index contributed by atoms with van der Waals surface area (Å²) in [5, 5.41) is 13.0. The summed E-state index contributed by atoms with van der Waals surface area (Å²) in [5.74, 6) is 0. The van der Waals surface area contributed by atoms with Gasteiger partial charge in [-0.3, -0.25) is 0 Å². The van der Waals surface area contributed by atoms with Crippen LogP contribution in [0.3, 0.4) is 0 Å². The Kier molecular flexibility index (Phi) is 2.53. The van der Waals surface area contributed by atoms with Crippen LogP contribution in [0.1, 0.15) is 30.9 Å². The van der Waals surface area contributed by atoms with Crippen LogP contribution in [0, 0.1) is 12.1 Å². The quantitative estimate of drug-likeness (QED) is 0.735. The fourth-order valence-corrected chi connectivity index (χ4v) is 2.26. The van der Waals surface area contributed by atoms with Gasteiger partial charge in [0.1, 0.15) is 0 Å². The first-order chi connectivity index (χ1) is 7.19. The molecule has 1 aliphatic rings. The minimum atomic E-state index is -0.355. The van der Waals surface area contributed by atoms with Crippen LogP contribution in [0.15, 0.2) is 36.5 Å². The lowest BCUT2D eigenvalue weighted by atomic mass is 9.85. The first-order valence-electron chi connectivity index (χ1n) is 5.39.